The van der Waals surface area contributed by atoms with Crippen LogP contribution in [-0.2, 0) is 9.53 Å². The van der Waals surface area contributed by atoms with Crippen LogP contribution in [0.3, 0.4) is 0 Å². The van der Waals surface area contributed by atoms with Crippen LogP contribution in [0.4, 0.5) is 10.2 Å². The third-order valence-corrected chi connectivity index (χ3v) is 3.74. The zero-order valence-electron chi connectivity index (χ0n) is 14.7. The van der Waals surface area contributed by atoms with Crippen LogP contribution in [0.2, 0.25) is 0 Å². The minimum atomic E-state index is -1.02. The van der Waals surface area contributed by atoms with Gasteiger partial charge in [-0.15, -0.1) is 0 Å². The molecule has 0 saturated carbocycles. The summed E-state index contributed by atoms with van der Waals surface area (Å²) < 4.78 is 24.8. The molecule has 0 unspecified atom stereocenters. The molecule has 0 fully saturated rings. The van der Waals surface area contributed by atoms with E-state index in [0.29, 0.717) is 11.4 Å². The normalized spacial score (nSPS) is 11.8. The zero-order valence-corrected chi connectivity index (χ0v) is 14.7. The maximum absolute atomic E-state index is 13.1. The number of aryl methyl sites for hydroxylation is 1. The quantitative estimate of drug-likeness (QED) is 0.668. The van der Waals surface area contributed by atoms with E-state index in [-0.39, 0.29) is 17.9 Å². The lowest BCUT2D eigenvalue weighted by atomic mass is 10.2. The van der Waals surface area contributed by atoms with Gasteiger partial charge in [0.15, 0.2) is 17.6 Å². The minimum absolute atomic E-state index is 0.116. The summed E-state index contributed by atoms with van der Waals surface area (Å²) in [6.45, 7) is 3.40. The molecule has 0 aliphatic heterocycles. The SMILES string of the molecule is CC[C@H](OC(=O)c1cncn1-c1ccc(F)cc1)C(=O)Nc1cc(C)on1. The number of rotatable bonds is 6. The molecule has 0 aliphatic carbocycles. The van der Waals surface area contributed by atoms with E-state index in [1.807, 2.05) is 0 Å². The largest absolute Gasteiger partial charge is 0.448 e. The molecule has 3 rings (SSSR count). The molecule has 2 heterocycles. The number of anilines is 1. The highest BCUT2D eigenvalue weighted by molar-refractivity contribution is 5.96. The van der Waals surface area contributed by atoms with E-state index in [0.717, 1.165) is 0 Å². The number of carbonyl (C=O) groups is 2. The van der Waals surface area contributed by atoms with Crippen molar-refractivity contribution in [3.63, 3.8) is 0 Å². The summed E-state index contributed by atoms with van der Waals surface area (Å²) in [5, 5.41) is 6.20. The number of hydrogen-bond acceptors (Lipinski definition) is 6. The highest BCUT2D eigenvalue weighted by atomic mass is 19.1. The summed E-state index contributed by atoms with van der Waals surface area (Å²) in [5.74, 6) is -0.863. The van der Waals surface area contributed by atoms with Crippen molar-refractivity contribution < 1.29 is 23.2 Å². The molecular formula is C18H17FN4O4. The molecule has 0 aliphatic rings. The van der Waals surface area contributed by atoms with E-state index in [9.17, 15) is 14.0 Å². The van der Waals surface area contributed by atoms with Gasteiger partial charge < -0.3 is 14.6 Å². The van der Waals surface area contributed by atoms with Gasteiger partial charge in [0.25, 0.3) is 5.91 Å². The Bertz CT molecular complexity index is 948. The lowest BCUT2D eigenvalue weighted by molar-refractivity contribution is -0.124. The average molecular weight is 372 g/mol. The topological polar surface area (TPSA) is 99.2 Å². The van der Waals surface area contributed by atoms with E-state index in [1.54, 1.807) is 19.9 Å². The number of carbonyl (C=O) groups excluding carboxylic acids is 2. The standard InChI is InChI=1S/C18H17FN4O4/c1-3-15(17(24)21-16-8-11(2)27-22-16)26-18(25)14-9-20-10-23(14)13-6-4-12(19)5-7-13/h4-10,15H,3H2,1-2H3,(H,21,22,24)/t15-/m0/s1. The van der Waals surface area contributed by atoms with Crippen molar-refractivity contribution in [3.05, 3.63) is 60.1 Å². The molecule has 2 aromatic heterocycles. The van der Waals surface area contributed by atoms with Crippen LogP contribution in [-0.4, -0.2) is 32.7 Å². The van der Waals surface area contributed by atoms with Crippen LogP contribution in [0.5, 0.6) is 0 Å². The average Bonchev–Trinajstić information content (AvgIpc) is 3.29. The summed E-state index contributed by atoms with van der Waals surface area (Å²) in [7, 11) is 0. The molecule has 9 heteroatoms. The number of ether oxygens (including phenoxy) is 1. The number of esters is 1. The highest BCUT2D eigenvalue weighted by Crippen LogP contribution is 2.15. The first-order valence-electron chi connectivity index (χ1n) is 8.21. The lowest BCUT2D eigenvalue weighted by Crippen LogP contribution is -2.32. The molecule has 140 valence electrons. The van der Waals surface area contributed by atoms with Gasteiger partial charge in [-0.1, -0.05) is 12.1 Å². The number of halogens is 1. The fraction of sp³-hybridized carbons (Fsp3) is 0.222. The van der Waals surface area contributed by atoms with Gasteiger partial charge in [0, 0.05) is 11.8 Å². The summed E-state index contributed by atoms with van der Waals surface area (Å²) >= 11 is 0. The predicted molar refractivity (Wildman–Crippen MR) is 92.9 cm³/mol. The van der Waals surface area contributed by atoms with Crippen LogP contribution in [0.1, 0.15) is 29.6 Å². The highest BCUT2D eigenvalue weighted by Gasteiger charge is 2.25. The van der Waals surface area contributed by atoms with Crippen molar-refractivity contribution in [2.75, 3.05) is 5.32 Å². The number of imidazole rings is 1. The maximum Gasteiger partial charge on any atom is 0.357 e. The first kappa shape index (κ1) is 18.3. The Morgan fingerprint density at radius 2 is 2.07 bits per heavy atom. The van der Waals surface area contributed by atoms with E-state index in [1.165, 1.54) is 41.4 Å². The summed E-state index contributed by atoms with van der Waals surface area (Å²) in [4.78, 5) is 28.8. The van der Waals surface area contributed by atoms with Crippen LogP contribution >= 0.6 is 0 Å². The first-order chi connectivity index (χ1) is 13.0. The van der Waals surface area contributed by atoms with Crippen LogP contribution in [0.15, 0.2) is 47.4 Å². The van der Waals surface area contributed by atoms with Gasteiger partial charge in [0.1, 0.15) is 11.6 Å². The van der Waals surface area contributed by atoms with E-state index in [2.05, 4.69) is 15.5 Å². The predicted octanol–water partition coefficient (Wildman–Crippen LogP) is 2.88. The Hall–Kier alpha value is -3.49. The van der Waals surface area contributed by atoms with Gasteiger partial charge in [0.05, 0.1) is 12.5 Å². The van der Waals surface area contributed by atoms with Gasteiger partial charge >= 0.3 is 5.97 Å². The Morgan fingerprint density at radius 3 is 2.70 bits per heavy atom. The summed E-state index contributed by atoms with van der Waals surface area (Å²) in [5.41, 5.74) is 0.654. The molecular weight excluding hydrogens is 355 g/mol. The number of benzene rings is 1. The first-order valence-corrected chi connectivity index (χ1v) is 8.21. The number of hydrogen-bond donors (Lipinski definition) is 1. The van der Waals surface area contributed by atoms with Gasteiger partial charge in [0.2, 0.25) is 0 Å². The number of amides is 1. The monoisotopic (exact) mass is 372 g/mol. The fourth-order valence-corrected chi connectivity index (χ4v) is 2.40. The number of aromatic nitrogens is 3. The number of nitrogens with one attached hydrogen (secondary N) is 1. The molecule has 0 bridgehead atoms. The second-order valence-electron chi connectivity index (χ2n) is 5.74. The molecule has 1 aromatic carbocycles. The van der Waals surface area contributed by atoms with Crippen LogP contribution in [0, 0.1) is 12.7 Å². The molecule has 8 nitrogen and oxygen atoms in total. The Labute approximate surface area is 153 Å². The van der Waals surface area contributed by atoms with Crippen LogP contribution < -0.4 is 5.32 Å². The molecule has 0 spiro atoms. The molecule has 1 N–H and O–H groups in total. The Morgan fingerprint density at radius 1 is 1.33 bits per heavy atom. The van der Waals surface area contributed by atoms with Gasteiger partial charge in [-0.2, -0.15) is 0 Å². The van der Waals surface area contributed by atoms with Crippen molar-refractivity contribution in [1.29, 1.82) is 0 Å². The van der Waals surface area contributed by atoms with Crippen LogP contribution in [0.25, 0.3) is 5.69 Å². The molecule has 1 amide bonds. The van der Waals surface area contributed by atoms with Gasteiger partial charge in [-0.3, -0.25) is 9.36 Å². The smallest absolute Gasteiger partial charge is 0.357 e. The second kappa shape index (κ2) is 7.81. The summed E-state index contributed by atoms with van der Waals surface area (Å²) in [6, 6.07) is 7.10. The van der Waals surface area contributed by atoms with Gasteiger partial charge in [-0.05, 0) is 37.6 Å². The van der Waals surface area contributed by atoms with E-state index >= 15 is 0 Å². The van der Waals surface area contributed by atoms with Gasteiger partial charge in [-0.25, -0.2) is 14.2 Å². The Balaban J connectivity index is 1.73. The maximum atomic E-state index is 13.1. The zero-order chi connectivity index (χ0) is 19.4. The minimum Gasteiger partial charge on any atom is -0.448 e. The Kier molecular flexibility index (Phi) is 5.30. The van der Waals surface area contributed by atoms with Crippen molar-refractivity contribution >= 4 is 17.7 Å². The van der Waals surface area contributed by atoms with Crippen molar-refractivity contribution in [1.82, 2.24) is 14.7 Å². The number of nitrogens with zero attached hydrogens (tertiary/aromatic N) is 3. The molecule has 3 aromatic rings. The van der Waals surface area contributed by atoms with E-state index < -0.39 is 23.8 Å². The lowest BCUT2D eigenvalue weighted by Gasteiger charge is -2.15. The molecule has 0 radical (unpaired) electrons. The van der Waals surface area contributed by atoms with Crippen molar-refractivity contribution in [2.24, 2.45) is 0 Å². The second-order valence-corrected chi connectivity index (χ2v) is 5.74. The van der Waals surface area contributed by atoms with Crippen molar-refractivity contribution in [2.45, 2.75) is 26.4 Å². The third kappa shape index (κ3) is 4.20. The summed E-state index contributed by atoms with van der Waals surface area (Å²) in [6.07, 6.45) is 1.96. The fourth-order valence-electron chi connectivity index (χ4n) is 2.40. The van der Waals surface area contributed by atoms with E-state index in [4.69, 9.17) is 9.26 Å². The molecule has 27 heavy (non-hydrogen) atoms. The van der Waals surface area contributed by atoms with Crippen molar-refractivity contribution in [3.8, 4) is 5.69 Å². The molecule has 0 saturated heterocycles. The third-order valence-electron chi connectivity index (χ3n) is 3.74. The molecule has 1 atom stereocenters.